The summed E-state index contributed by atoms with van der Waals surface area (Å²) in [6.45, 7) is 1.13. The average molecular weight is 406 g/mol. The van der Waals surface area contributed by atoms with E-state index in [-0.39, 0.29) is 17.5 Å². The fourth-order valence-corrected chi connectivity index (χ4v) is 4.10. The van der Waals surface area contributed by atoms with Crippen LogP contribution in [0, 0.1) is 0 Å². The number of hydrogen-bond donors (Lipinski definition) is 0. The Morgan fingerprint density at radius 2 is 2.12 bits per heavy atom. The molecule has 25 heavy (non-hydrogen) atoms. The predicted octanol–water partition coefficient (Wildman–Crippen LogP) is 2.78. The van der Waals surface area contributed by atoms with Crippen molar-refractivity contribution in [1.29, 1.82) is 0 Å². The molecule has 2 aromatic heterocycles. The van der Waals surface area contributed by atoms with Gasteiger partial charge in [0, 0.05) is 12.6 Å². The van der Waals surface area contributed by atoms with Gasteiger partial charge in [-0.2, -0.15) is 5.10 Å². The molecule has 0 bridgehead atoms. The van der Waals surface area contributed by atoms with Crippen LogP contribution in [0.3, 0.4) is 0 Å². The summed E-state index contributed by atoms with van der Waals surface area (Å²) >= 11 is 3.23. The molecule has 2 aromatic rings. The topological polar surface area (TPSA) is 68.3 Å². The molecule has 1 saturated heterocycles. The summed E-state index contributed by atoms with van der Waals surface area (Å²) in [6, 6.07) is 5.09. The normalized spacial score (nSPS) is 19.9. The van der Waals surface area contributed by atoms with Crippen LogP contribution in [-0.4, -0.2) is 33.2 Å². The minimum absolute atomic E-state index is 0.0248. The van der Waals surface area contributed by atoms with Crippen LogP contribution < -0.4 is 5.56 Å². The Labute approximate surface area is 153 Å². The van der Waals surface area contributed by atoms with Crippen LogP contribution in [0.15, 0.2) is 32.1 Å². The molecule has 6 nitrogen and oxygen atoms in total. The van der Waals surface area contributed by atoms with Crippen LogP contribution in [0.5, 0.6) is 0 Å². The lowest BCUT2D eigenvalue weighted by atomic mass is 9.97. The van der Waals surface area contributed by atoms with E-state index in [9.17, 15) is 9.59 Å². The molecule has 1 unspecified atom stereocenters. The zero-order valence-corrected chi connectivity index (χ0v) is 15.5. The summed E-state index contributed by atoms with van der Waals surface area (Å²) < 4.78 is 7.48. The van der Waals surface area contributed by atoms with E-state index in [1.807, 2.05) is 0 Å². The van der Waals surface area contributed by atoms with Gasteiger partial charge in [0.15, 0.2) is 10.4 Å². The second-order valence-electron chi connectivity index (χ2n) is 6.74. The van der Waals surface area contributed by atoms with E-state index in [0.717, 1.165) is 49.8 Å². The first-order valence-corrected chi connectivity index (χ1v) is 9.57. The highest BCUT2D eigenvalue weighted by molar-refractivity contribution is 9.10. The van der Waals surface area contributed by atoms with Gasteiger partial charge in [0.05, 0.1) is 18.3 Å². The predicted molar refractivity (Wildman–Crippen MR) is 95.6 cm³/mol. The number of halogens is 1. The van der Waals surface area contributed by atoms with Crippen molar-refractivity contribution in [2.24, 2.45) is 0 Å². The molecule has 1 fully saturated rings. The van der Waals surface area contributed by atoms with E-state index in [0.29, 0.717) is 23.5 Å². The van der Waals surface area contributed by atoms with Crippen molar-refractivity contribution < 1.29 is 9.21 Å². The summed E-state index contributed by atoms with van der Waals surface area (Å²) in [5, 5.41) is 4.58. The Hall–Kier alpha value is -1.89. The number of hydrogen-bond acceptors (Lipinski definition) is 4. The van der Waals surface area contributed by atoms with Crippen LogP contribution in [-0.2, 0) is 19.4 Å². The van der Waals surface area contributed by atoms with Gasteiger partial charge in [-0.05, 0) is 72.2 Å². The molecule has 0 spiro atoms. The highest BCUT2D eigenvalue weighted by Crippen LogP contribution is 2.24. The van der Waals surface area contributed by atoms with Crippen LogP contribution in [0.1, 0.15) is 47.5 Å². The quantitative estimate of drug-likeness (QED) is 0.786. The molecule has 0 saturated carbocycles. The van der Waals surface area contributed by atoms with Crippen molar-refractivity contribution in [2.45, 2.75) is 51.1 Å². The Kier molecular flexibility index (Phi) is 4.50. The zero-order chi connectivity index (χ0) is 17.4. The molecule has 0 radical (unpaired) electrons. The lowest BCUT2D eigenvalue weighted by molar-refractivity contribution is 0.0686. The van der Waals surface area contributed by atoms with Crippen LogP contribution in [0.2, 0.25) is 0 Å². The van der Waals surface area contributed by atoms with Crippen molar-refractivity contribution >= 4 is 21.8 Å². The molecule has 0 N–H and O–H groups in total. The minimum atomic E-state index is -0.126. The van der Waals surface area contributed by atoms with Crippen molar-refractivity contribution in [3.05, 3.63) is 50.2 Å². The van der Waals surface area contributed by atoms with E-state index in [2.05, 4.69) is 21.0 Å². The zero-order valence-electron chi connectivity index (χ0n) is 13.9. The van der Waals surface area contributed by atoms with Crippen LogP contribution in [0.4, 0.5) is 0 Å². The number of amides is 1. The number of carbonyl (C=O) groups excluding carboxylic acids is 1. The van der Waals surface area contributed by atoms with Crippen LogP contribution >= 0.6 is 15.9 Å². The molecular formula is C18H20BrN3O3. The number of likely N-dealkylation sites (tertiary alicyclic amines) is 1. The van der Waals surface area contributed by atoms with Gasteiger partial charge in [0.25, 0.3) is 11.5 Å². The van der Waals surface area contributed by atoms with Gasteiger partial charge >= 0.3 is 0 Å². The smallest absolute Gasteiger partial charge is 0.289 e. The maximum atomic E-state index is 12.7. The number of furan rings is 1. The fourth-order valence-electron chi connectivity index (χ4n) is 3.80. The number of rotatable bonds is 3. The Bertz CT molecular complexity index is 857. The summed E-state index contributed by atoms with van der Waals surface area (Å²) in [7, 11) is 0. The summed E-state index contributed by atoms with van der Waals surface area (Å²) in [5.41, 5.74) is 2.06. The first-order chi connectivity index (χ1) is 12.1. The van der Waals surface area contributed by atoms with E-state index in [1.54, 1.807) is 27.8 Å². The highest BCUT2D eigenvalue weighted by atomic mass is 79.9. The van der Waals surface area contributed by atoms with E-state index < -0.39 is 0 Å². The summed E-state index contributed by atoms with van der Waals surface area (Å²) in [5.74, 6) is 0.198. The third-order valence-corrected chi connectivity index (χ3v) is 5.51. The molecule has 1 atom stereocenters. The second-order valence-corrected chi connectivity index (χ2v) is 7.52. The molecule has 1 aliphatic heterocycles. The molecule has 4 rings (SSSR count). The third kappa shape index (κ3) is 3.29. The Balaban J connectivity index is 1.55. The number of fused-ring (bicyclic) bond motifs is 1. The fraction of sp³-hybridized carbons (Fsp3) is 0.500. The first-order valence-electron chi connectivity index (χ1n) is 8.78. The maximum absolute atomic E-state index is 12.7. The van der Waals surface area contributed by atoms with Gasteiger partial charge in [-0.3, -0.25) is 9.59 Å². The van der Waals surface area contributed by atoms with Crippen molar-refractivity contribution in [1.82, 2.24) is 14.7 Å². The number of aromatic nitrogens is 2. The maximum Gasteiger partial charge on any atom is 0.289 e. The van der Waals surface area contributed by atoms with Gasteiger partial charge in [0.1, 0.15) is 0 Å². The van der Waals surface area contributed by atoms with Crippen molar-refractivity contribution in [2.75, 3.05) is 6.54 Å². The first kappa shape index (κ1) is 16.6. The van der Waals surface area contributed by atoms with Gasteiger partial charge in [-0.25, -0.2) is 4.68 Å². The SMILES string of the molecule is O=C(c1ccc(Br)o1)N1CCCC1Cn1nc2c(cc1=O)CCCC2. The lowest BCUT2D eigenvalue weighted by Crippen LogP contribution is -2.41. The number of aryl methyl sites for hydroxylation is 2. The Morgan fingerprint density at radius 1 is 1.28 bits per heavy atom. The highest BCUT2D eigenvalue weighted by Gasteiger charge is 2.32. The van der Waals surface area contributed by atoms with Crippen molar-refractivity contribution in [3.8, 4) is 0 Å². The lowest BCUT2D eigenvalue weighted by Gasteiger charge is -2.24. The Morgan fingerprint density at radius 3 is 2.92 bits per heavy atom. The third-order valence-electron chi connectivity index (χ3n) is 5.08. The van der Waals surface area contributed by atoms with E-state index >= 15 is 0 Å². The molecule has 2 aliphatic rings. The van der Waals surface area contributed by atoms with Crippen LogP contribution in [0.25, 0.3) is 0 Å². The molecular weight excluding hydrogens is 386 g/mol. The van der Waals surface area contributed by atoms with E-state index in [4.69, 9.17) is 4.42 Å². The molecule has 0 aromatic carbocycles. The standard InChI is InChI=1S/C18H20BrN3O3/c19-16-8-7-15(25-16)18(24)21-9-3-5-13(21)11-22-17(23)10-12-4-1-2-6-14(12)20-22/h7-8,10,13H,1-6,9,11H2. The largest absolute Gasteiger partial charge is 0.444 e. The van der Waals surface area contributed by atoms with Crippen molar-refractivity contribution in [3.63, 3.8) is 0 Å². The summed E-state index contributed by atoms with van der Waals surface area (Å²) in [4.78, 5) is 26.9. The average Bonchev–Trinajstić information content (AvgIpc) is 3.24. The van der Waals surface area contributed by atoms with Gasteiger partial charge in [-0.15, -0.1) is 0 Å². The monoisotopic (exact) mass is 405 g/mol. The van der Waals surface area contributed by atoms with Gasteiger partial charge in [-0.1, -0.05) is 0 Å². The van der Waals surface area contributed by atoms with Gasteiger partial charge in [0.2, 0.25) is 0 Å². The minimum Gasteiger partial charge on any atom is -0.444 e. The molecule has 132 valence electrons. The molecule has 1 aliphatic carbocycles. The van der Waals surface area contributed by atoms with E-state index in [1.165, 1.54) is 0 Å². The summed E-state index contributed by atoms with van der Waals surface area (Å²) in [6.07, 6.45) is 5.93. The number of carbonyl (C=O) groups is 1. The second kappa shape index (κ2) is 6.78. The molecule has 7 heteroatoms. The molecule has 1 amide bonds. The molecule has 3 heterocycles. The number of nitrogens with zero attached hydrogens (tertiary/aromatic N) is 3. The van der Waals surface area contributed by atoms with Gasteiger partial charge < -0.3 is 9.32 Å².